The van der Waals surface area contributed by atoms with Gasteiger partial charge in [0, 0.05) is 13.0 Å². The lowest BCUT2D eigenvalue weighted by Crippen LogP contribution is -2.55. The van der Waals surface area contributed by atoms with E-state index in [2.05, 4.69) is 5.92 Å². The molecule has 0 saturated carbocycles. The number of hydrogen-bond acceptors (Lipinski definition) is 3. The van der Waals surface area contributed by atoms with E-state index in [4.69, 9.17) is 17.9 Å². The Hall–Kier alpha value is -1.54. The SMILES string of the molecule is C#CCC(N)C(=O)N1CCCCC1C(N)=O. The van der Waals surface area contributed by atoms with Crippen LogP contribution in [0.4, 0.5) is 0 Å². The Morgan fingerprint density at radius 2 is 2.19 bits per heavy atom. The number of nitrogens with two attached hydrogens (primary N) is 2. The van der Waals surface area contributed by atoms with Crippen molar-refractivity contribution in [2.24, 2.45) is 11.5 Å². The zero-order valence-electron chi connectivity index (χ0n) is 9.19. The molecule has 1 saturated heterocycles. The number of hydrogen-bond donors (Lipinski definition) is 2. The van der Waals surface area contributed by atoms with E-state index in [1.165, 1.54) is 4.90 Å². The minimum absolute atomic E-state index is 0.181. The van der Waals surface area contributed by atoms with Crippen molar-refractivity contribution >= 4 is 11.8 Å². The summed E-state index contributed by atoms with van der Waals surface area (Å²) in [6.45, 7) is 0.532. The van der Waals surface area contributed by atoms with Crippen LogP contribution in [-0.4, -0.2) is 35.3 Å². The molecule has 2 atom stereocenters. The summed E-state index contributed by atoms with van der Waals surface area (Å²) in [4.78, 5) is 24.6. The molecule has 88 valence electrons. The second kappa shape index (κ2) is 5.52. The molecule has 1 heterocycles. The zero-order chi connectivity index (χ0) is 12.1. The normalized spacial score (nSPS) is 22.2. The Bertz CT molecular complexity index is 322. The van der Waals surface area contributed by atoms with Crippen LogP contribution in [0.1, 0.15) is 25.7 Å². The first-order valence-electron chi connectivity index (χ1n) is 5.36. The van der Waals surface area contributed by atoms with Gasteiger partial charge in [-0.05, 0) is 19.3 Å². The van der Waals surface area contributed by atoms with E-state index >= 15 is 0 Å². The third-order valence-corrected chi connectivity index (χ3v) is 2.77. The highest BCUT2D eigenvalue weighted by atomic mass is 16.2. The molecule has 2 unspecified atom stereocenters. The fourth-order valence-electron chi connectivity index (χ4n) is 1.92. The number of likely N-dealkylation sites (tertiary alicyclic amines) is 1. The molecule has 1 fully saturated rings. The first-order chi connectivity index (χ1) is 7.57. The molecule has 16 heavy (non-hydrogen) atoms. The summed E-state index contributed by atoms with van der Waals surface area (Å²) in [6, 6.07) is -1.25. The molecule has 1 aliphatic heterocycles. The molecule has 5 nitrogen and oxygen atoms in total. The molecule has 1 aliphatic rings. The van der Waals surface area contributed by atoms with Crippen LogP contribution in [0.25, 0.3) is 0 Å². The first kappa shape index (κ1) is 12.5. The van der Waals surface area contributed by atoms with Crippen LogP contribution in [0.2, 0.25) is 0 Å². The van der Waals surface area contributed by atoms with E-state index < -0.39 is 18.0 Å². The number of primary amides is 1. The lowest BCUT2D eigenvalue weighted by atomic mass is 10.00. The number of nitrogens with zero attached hydrogens (tertiary/aromatic N) is 1. The number of carbonyl (C=O) groups excluding carboxylic acids is 2. The lowest BCUT2D eigenvalue weighted by molar-refractivity contribution is -0.142. The Morgan fingerprint density at radius 3 is 2.75 bits per heavy atom. The Labute approximate surface area is 95.1 Å². The number of rotatable bonds is 3. The van der Waals surface area contributed by atoms with Gasteiger partial charge in [-0.2, -0.15) is 0 Å². The van der Waals surface area contributed by atoms with Gasteiger partial charge in [0.15, 0.2) is 0 Å². The van der Waals surface area contributed by atoms with Crippen molar-refractivity contribution < 1.29 is 9.59 Å². The van der Waals surface area contributed by atoms with Crippen molar-refractivity contribution in [2.75, 3.05) is 6.54 Å². The van der Waals surface area contributed by atoms with Gasteiger partial charge in [-0.25, -0.2) is 0 Å². The maximum atomic E-state index is 11.9. The quantitative estimate of drug-likeness (QED) is 0.614. The van der Waals surface area contributed by atoms with E-state index in [1.807, 2.05) is 0 Å². The van der Waals surface area contributed by atoms with Crippen molar-refractivity contribution in [1.82, 2.24) is 4.90 Å². The molecule has 0 aromatic carbocycles. The summed E-state index contributed by atoms with van der Waals surface area (Å²) in [7, 11) is 0. The molecule has 0 bridgehead atoms. The summed E-state index contributed by atoms with van der Waals surface area (Å²) >= 11 is 0. The summed E-state index contributed by atoms with van der Waals surface area (Å²) in [6.07, 6.45) is 7.67. The fourth-order valence-corrected chi connectivity index (χ4v) is 1.92. The summed E-state index contributed by atoms with van der Waals surface area (Å²) in [5, 5.41) is 0. The zero-order valence-corrected chi connectivity index (χ0v) is 9.19. The topological polar surface area (TPSA) is 89.4 Å². The van der Waals surface area contributed by atoms with Crippen molar-refractivity contribution in [2.45, 2.75) is 37.8 Å². The average molecular weight is 223 g/mol. The molecule has 0 aromatic heterocycles. The Balaban J connectivity index is 2.72. The second-order valence-corrected chi connectivity index (χ2v) is 3.96. The van der Waals surface area contributed by atoms with E-state index in [9.17, 15) is 9.59 Å². The Morgan fingerprint density at radius 1 is 1.50 bits per heavy atom. The molecular weight excluding hydrogens is 206 g/mol. The minimum Gasteiger partial charge on any atom is -0.368 e. The van der Waals surface area contributed by atoms with Crippen molar-refractivity contribution in [3.8, 4) is 12.3 Å². The monoisotopic (exact) mass is 223 g/mol. The van der Waals surface area contributed by atoms with Gasteiger partial charge in [0.2, 0.25) is 11.8 Å². The average Bonchev–Trinajstić information content (AvgIpc) is 2.28. The third kappa shape index (κ3) is 2.74. The molecule has 5 heteroatoms. The largest absolute Gasteiger partial charge is 0.368 e. The molecule has 2 amide bonds. The molecule has 4 N–H and O–H groups in total. The van der Waals surface area contributed by atoms with E-state index in [0.717, 1.165) is 12.8 Å². The number of amides is 2. The Kier molecular flexibility index (Phi) is 4.32. The van der Waals surface area contributed by atoms with Crippen LogP contribution < -0.4 is 11.5 Å². The third-order valence-electron chi connectivity index (χ3n) is 2.77. The number of carbonyl (C=O) groups is 2. The lowest BCUT2D eigenvalue weighted by Gasteiger charge is -2.35. The first-order valence-corrected chi connectivity index (χ1v) is 5.36. The molecule has 0 radical (unpaired) electrons. The van der Waals surface area contributed by atoms with Crippen LogP contribution in [0.3, 0.4) is 0 Å². The van der Waals surface area contributed by atoms with Crippen molar-refractivity contribution in [1.29, 1.82) is 0 Å². The highest BCUT2D eigenvalue weighted by Gasteiger charge is 2.32. The minimum atomic E-state index is -0.732. The van der Waals surface area contributed by atoms with Gasteiger partial charge < -0.3 is 16.4 Å². The van der Waals surface area contributed by atoms with Crippen molar-refractivity contribution in [3.05, 3.63) is 0 Å². The standard InChI is InChI=1S/C11H17N3O2/c1-2-5-8(12)11(16)14-7-4-3-6-9(14)10(13)15/h1,8-9H,3-7,12H2,(H2,13,15). The van der Waals surface area contributed by atoms with Crippen LogP contribution in [0, 0.1) is 12.3 Å². The highest BCUT2D eigenvalue weighted by Crippen LogP contribution is 2.17. The smallest absolute Gasteiger partial charge is 0.241 e. The molecule has 0 spiro atoms. The number of terminal acetylenes is 1. The summed E-state index contributed by atoms with van der Waals surface area (Å²) in [5.74, 6) is 1.60. The van der Waals surface area contributed by atoms with Gasteiger partial charge in [0.1, 0.15) is 6.04 Å². The predicted octanol–water partition coefficient (Wildman–Crippen LogP) is -0.797. The second-order valence-electron chi connectivity index (χ2n) is 3.96. The van der Waals surface area contributed by atoms with Crippen LogP contribution in [-0.2, 0) is 9.59 Å². The van der Waals surface area contributed by atoms with E-state index in [0.29, 0.717) is 13.0 Å². The van der Waals surface area contributed by atoms with E-state index in [1.54, 1.807) is 0 Å². The van der Waals surface area contributed by atoms with E-state index in [-0.39, 0.29) is 12.3 Å². The summed E-state index contributed by atoms with van der Waals surface area (Å²) < 4.78 is 0. The molecular formula is C11H17N3O2. The predicted molar refractivity (Wildman–Crippen MR) is 60.0 cm³/mol. The van der Waals surface area contributed by atoms with Gasteiger partial charge in [-0.1, -0.05) is 0 Å². The van der Waals surface area contributed by atoms with Gasteiger partial charge in [-0.3, -0.25) is 9.59 Å². The highest BCUT2D eigenvalue weighted by molar-refractivity contribution is 5.89. The maximum absolute atomic E-state index is 11.9. The fraction of sp³-hybridized carbons (Fsp3) is 0.636. The van der Waals surface area contributed by atoms with Gasteiger partial charge in [0.25, 0.3) is 0 Å². The molecule has 0 aromatic rings. The maximum Gasteiger partial charge on any atom is 0.241 e. The van der Waals surface area contributed by atoms with Crippen LogP contribution in [0.15, 0.2) is 0 Å². The van der Waals surface area contributed by atoms with Crippen LogP contribution >= 0.6 is 0 Å². The van der Waals surface area contributed by atoms with Gasteiger partial charge >= 0.3 is 0 Å². The van der Waals surface area contributed by atoms with Gasteiger partial charge in [-0.15, -0.1) is 12.3 Å². The van der Waals surface area contributed by atoms with Crippen LogP contribution in [0.5, 0.6) is 0 Å². The molecule has 0 aliphatic carbocycles. The summed E-state index contributed by atoms with van der Waals surface area (Å²) in [5.41, 5.74) is 10.9. The number of piperidine rings is 1. The van der Waals surface area contributed by atoms with Crippen molar-refractivity contribution in [3.63, 3.8) is 0 Å². The molecule has 1 rings (SSSR count). The van der Waals surface area contributed by atoms with Gasteiger partial charge in [0.05, 0.1) is 6.04 Å².